The number of primary sulfonamides is 1. The minimum atomic E-state index is -4.30. The molecule has 1 rings (SSSR count). The number of methoxy groups -OCH3 is 1. The average Bonchev–Trinajstić information content (AvgIpc) is 2.34. The van der Waals surface area contributed by atoms with E-state index in [9.17, 15) is 17.2 Å². The molecule has 9 heteroatoms. The van der Waals surface area contributed by atoms with Crippen molar-refractivity contribution in [3.05, 3.63) is 23.8 Å². The topological polar surface area (TPSA) is 87.8 Å². The van der Waals surface area contributed by atoms with E-state index in [0.29, 0.717) is 25.3 Å². The molecule has 0 fully saturated rings. The summed E-state index contributed by atoms with van der Waals surface area (Å²) in [7, 11) is -2.79. The van der Waals surface area contributed by atoms with Crippen molar-refractivity contribution in [3.8, 4) is 5.75 Å². The van der Waals surface area contributed by atoms with E-state index >= 15 is 0 Å². The van der Waals surface area contributed by atoms with E-state index in [1.807, 2.05) is 0 Å². The third kappa shape index (κ3) is 5.00. The largest absolute Gasteiger partial charge is 0.487 e. The van der Waals surface area contributed by atoms with Gasteiger partial charge in [-0.3, -0.25) is 0 Å². The molecule has 0 saturated heterocycles. The molecular formula is C11H15F2NO5S. The van der Waals surface area contributed by atoms with Gasteiger partial charge in [-0.1, -0.05) is 0 Å². The number of hydrogen-bond acceptors (Lipinski definition) is 5. The lowest BCUT2D eigenvalue weighted by Gasteiger charge is -2.11. The van der Waals surface area contributed by atoms with Crippen LogP contribution in [-0.4, -0.2) is 42.0 Å². The van der Waals surface area contributed by atoms with Gasteiger partial charge in [0.15, 0.2) is 11.6 Å². The molecule has 0 aliphatic carbocycles. The van der Waals surface area contributed by atoms with Gasteiger partial charge in [0, 0.05) is 13.2 Å². The first-order valence-electron chi connectivity index (χ1n) is 5.57. The van der Waals surface area contributed by atoms with Crippen LogP contribution in [0.3, 0.4) is 0 Å². The van der Waals surface area contributed by atoms with Crippen LogP contribution in [-0.2, 0) is 19.5 Å². The summed E-state index contributed by atoms with van der Waals surface area (Å²) in [6.45, 7) is 0.667. The number of benzene rings is 1. The fraction of sp³-hybridized carbons (Fsp3) is 0.455. The van der Waals surface area contributed by atoms with E-state index in [4.69, 9.17) is 19.3 Å². The van der Waals surface area contributed by atoms with Crippen molar-refractivity contribution < 1.29 is 31.4 Å². The van der Waals surface area contributed by atoms with Crippen molar-refractivity contribution in [1.82, 2.24) is 0 Å². The fourth-order valence-corrected chi connectivity index (χ4v) is 2.03. The maximum absolute atomic E-state index is 13.5. The van der Waals surface area contributed by atoms with Gasteiger partial charge >= 0.3 is 0 Å². The van der Waals surface area contributed by atoms with E-state index in [1.54, 1.807) is 0 Å². The van der Waals surface area contributed by atoms with Crippen LogP contribution in [0.1, 0.15) is 0 Å². The second-order valence-electron chi connectivity index (χ2n) is 3.71. The predicted octanol–water partition coefficient (Wildman–Crippen LogP) is 0.654. The van der Waals surface area contributed by atoms with Crippen molar-refractivity contribution in [2.75, 3.05) is 33.5 Å². The van der Waals surface area contributed by atoms with Gasteiger partial charge in [-0.2, -0.15) is 0 Å². The van der Waals surface area contributed by atoms with Crippen LogP contribution in [0.25, 0.3) is 0 Å². The lowest BCUT2D eigenvalue weighted by molar-refractivity contribution is 0.0532. The Labute approximate surface area is 115 Å². The number of ether oxygens (including phenoxy) is 3. The number of halogens is 2. The molecule has 0 saturated carbocycles. The highest BCUT2D eigenvalue weighted by atomic mass is 32.2. The van der Waals surface area contributed by atoms with E-state index in [2.05, 4.69) is 0 Å². The van der Waals surface area contributed by atoms with Crippen LogP contribution in [0.15, 0.2) is 17.0 Å². The number of hydrogen-bond donors (Lipinski definition) is 1. The Hall–Kier alpha value is -1.29. The van der Waals surface area contributed by atoms with Crippen molar-refractivity contribution in [2.45, 2.75) is 4.90 Å². The van der Waals surface area contributed by atoms with E-state index < -0.39 is 32.3 Å². The second-order valence-corrected chi connectivity index (χ2v) is 5.24. The zero-order valence-corrected chi connectivity index (χ0v) is 11.6. The minimum absolute atomic E-state index is 0.0875. The summed E-state index contributed by atoms with van der Waals surface area (Å²) in [5, 5.41) is 4.88. The maximum Gasteiger partial charge on any atom is 0.241 e. The molecule has 0 unspecified atom stereocenters. The van der Waals surface area contributed by atoms with Crippen molar-refractivity contribution in [2.24, 2.45) is 5.14 Å². The molecule has 1 aromatic carbocycles. The summed E-state index contributed by atoms with van der Waals surface area (Å²) in [6, 6.07) is 1.11. The Bertz CT molecular complexity index is 550. The standard InChI is InChI=1S/C11H15F2NO5S/c1-17-2-3-18-4-5-19-11-9(13)6-8(12)7-10(11)20(14,15)16/h6-7H,2-5H2,1H3,(H2,14,15,16). The van der Waals surface area contributed by atoms with Crippen LogP contribution in [0, 0.1) is 11.6 Å². The average molecular weight is 311 g/mol. The normalized spacial score (nSPS) is 11.6. The summed E-state index contributed by atoms with van der Waals surface area (Å²) in [5.41, 5.74) is 0. The Morgan fingerprint density at radius 1 is 1.15 bits per heavy atom. The molecule has 0 heterocycles. The van der Waals surface area contributed by atoms with Crippen molar-refractivity contribution in [3.63, 3.8) is 0 Å². The Morgan fingerprint density at radius 3 is 2.40 bits per heavy atom. The van der Waals surface area contributed by atoms with Crippen molar-refractivity contribution >= 4 is 10.0 Å². The number of nitrogens with two attached hydrogens (primary N) is 1. The summed E-state index contributed by atoms with van der Waals surface area (Å²) in [5.74, 6) is -2.83. The van der Waals surface area contributed by atoms with E-state index in [0.717, 1.165) is 0 Å². The predicted molar refractivity (Wildman–Crippen MR) is 65.9 cm³/mol. The van der Waals surface area contributed by atoms with Gasteiger partial charge in [-0.25, -0.2) is 22.3 Å². The molecule has 114 valence electrons. The molecule has 0 amide bonds. The molecule has 6 nitrogen and oxygen atoms in total. The molecular weight excluding hydrogens is 296 g/mol. The monoisotopic (exact) mass is 311 g/mol. The third-order valence-corrected chi connectivity index (χ3v) is 3.10. The lowest BCUT2D eigenvalue weighted by atomic mass is 10.3. The summed E-state index contributed by atoms with van der Waals surface area (Å²) >= 11 is 0. The summed E-state index contributed by atoms with van der Waals surface area (Å²) in [4.78, 5) is -0.744. The summed E-state index contributed by atoms with van der Waals surface area (Å²) in [6.07, 6.45) is 0. The molecule has 0 aliphatic rings. The zero-order chi connectivity index (χ0) is 15.2. The van der Waals surface area contributed by atoms with Crippen LogP contribution in [0.5, 0.6) is 5.75 Å². The van der Waals surface area contributed by atoms with Crippen LogP contribution < -0.4 is 9.88 Å². The first-order chi connectivity index (χ1) is 9.36. The first kappa shape index (κ1) is 16.8. The van der Waals surface area contributed by atoms with Gasteiger partial charge in [0.25, 0.3) is 0 Å². The SMILES string of the molecule is COCCOCCOc1c(F)cc(F)cc1S(N)(=O)=O. The molecule has 1 aromatic rings. The van der Waals surface area contributed by atoms with Crippen molar-refractivity contribution in [1.29, 1.82) is 0 Å². The molecule has 0 aromatic heterocycles. The number of rotatable bonds is 8. The van der Waals surface area contributed by atoms with Crippen LogP contribution >= 0.6 is 0 Å². The van der Waals surface area contributed by atoms with Gasteiger partial charge in [-0.05, 0) is 6.07 Å². The molecule has 0 bridgehead atoms. The highest BCUT2D eigenvalue weighted by Crippen LogP contribution is 2.27. The van der Waals surface area contributed by atoms with Gasteiger partial charge in [-0.15, -0.1) is 0 Å². The highest BCUT2D eigenvalue weighted by Gasteiger charge is 2.21. The Morgan fingerprint density at radius 2 is 1.80 bits per heavy atom. The Balaban J connectivity index is 2.74. The number of sulfonamides is 1. The molecule has 20 heavy (non-hydrogen) atoms. The third-order valence-electron chi connectivity index (χ3n) is 2.19. The molecule has 2 N–H and O–H groups in total. The smallest absolute Gasteiger partial charge is 0.241 e. The van der Waals surface area contributed by atoms with Gasteiger partial charge in [0.2, 0.25) is 10.0 Å². The quantitative estimate of drug-likeness (QED) is 0.712. The van der Waals surface area contributed by atoms with Crippen LogP contribution in [0.4, 0.5) is 8.78 Å². The molecule has 0 spiro atoms. The van der Waals surface area contributed by atoms with Gasteiger partial charge in [0.1, 0.15) is 17.3 Å². The first-order valence-corrected chi connectivity index (χ1v) is 7.12. The summed E-state index contributed by atoms with van der Waals surface area (Å²) < 4.78 is 63.8. The highest BCUT2D eigenvalue weighted by molar-refractivity contribution is 7.89. The lowest BCUT2D eigenvalue weighted by Crippen LogP contribution is -2.17. The van der Waals surface area contributed by atoms with Crippen LogP contribution in [0.2, 0.25) is 0 Å². The van der Waals surface area contributed by atoms with Gasteiger partial charge < -0.3 is 14.2 Å². The minimum Gasteiger partial charge on any atom is -0.487 e. The molecule has 0 aliphatic heterocycles. The van der Waals surface area contributed by atoms with Gasteiger partial charge in [0.05, 0.1) is 19.8 Å². The zero-order valence-electron chi connectivity index (χ0n) is 10.8. The fourth-order valence-electron chi connectivity index (χ4n) is 1.34. The Kier molecular flexibility index (Phi) is 6.27. The maximum atomic E-state index is 13.5. The molecule has 0 atom stereocenters. The molecule has 0 radical (unpaired) electrons. The second kappa shape index (κ2) is 7.48. The van der Waals surface area contributed by atoms with E-state index in [1.165, 1.54) is 7.11 Å². The van der Waals surface area contributed by atoms with E-state index in [-0.39, 0.29) is 13.2 Å².